The third kappa shape index (κ3) is 3.04. The minimum Gasteiger partial charge on any atom is -0.323 e. The second kappa shape index (κ2) is 5.97. The van der Waals surface area contributed by atoms with Gasteiger partial charge in [-0.1, -0.05) is 28.1 Å². The van der Waals surface area contributed by atoms with Gasteiger partial charge >= 0.3 is 0 Å². The molecule has 0 saturated carbocycles. The first kappa shape index (κ1) is 15.1. The number of hydrogen-bond donors (Lipinski definition) is 1. The van der Waals surface area contributed by atoms with E-state index in [4.69, 9.17) is 5.73 Å². The van der Waals surface area contributed by atoms with Crippen molar-refractivity contribution in [3.8, 4) is 0 Å². The molecule has 0 bridgehead atoms. The van der Waals surface area contributed by atoms with E-state index in [1.165, 1.54) is 25.1 Å². The van der Waals surface area contributed by atoms with Crippen molar-refractivity contribution in [3.05, 3.63) is 68.9 Å². The summed E-state index contributed by atoms with van der Waals surface area (Å²) in [5, 5.41) is 0. The molecule has 2 aromatic rings. The fourth-order valence-corrected chi connectivity index (χ4v) is 2.38. The van der Waals surface area contributed by atoms with Crippen molar-refractivity contribution in [2.24, 2.45) is 5.73 Å². The van der Waals surface area contributed by atoms with E-state index in [1.54, 1.807) is 12.1 Å². The summed E-state index contributed by atoms with van der Waals surface area (Å²) in [6.07, 6.45) is 0.0242. The number of aryl methyl sites for hydroxylation is 1. The molecule has 106 valence electrons. The van der Waals surface area contributed by atoms with Gasteiger partial charge in [-0.3, -0.25) is 0 Å². The van der Waals surface area contributed by atoms with E-state index in [2.05, 4.69) is 15.9 Å². The lowest BCUT2D eigenvalue weighted by atomic mass is 9.97. The zero-order valence-electron chi connectivity index (χ0n) is 10.8. The quantitative estimate of drug-likeness (QED) is 0.877. The van der Waals surface area contributed by atoms with Gasteiger partial charge in [0.15, 0.2) is 0 Å². The molecule has 1 nitrogen and oxygen atoms in total. The third-order valence-corrected chi connectivity index (χ3v) is 3.64. The van der Waals surface area contributed by atoms with E-state index in [9.17, 15) is 13.2 Å². The first-order valence-corrected chi connectivity index (χ1v) is 6.83. The molecule has 2 rings (SSSR count). The number of nitrogens with two attached hydrogens (primary N) is 1. The van der Waals surface area contributed by atoms with Crippen LogP contribution in [-0.2, 0) is 6.42 Å². The molecule has 5 heteroatoms. The average Bonchev–Trinajstić information content (AvgIpc) is 2.38. The van der Waals surface area contributed by atoms with Crippen LogP contribution in [0.1, 0.15) is 22.7 Å². The SMILES string of the molecule is Cc1ccc(F)c(C(N)Cc2ccc(Br)cc2F)c1F. The van der Waals surface area contributed by atoms with Crippen LogP contribution in [0.4, 0.5) is 13.2 Å². The Morgan fingerprint density at radius 2 is 1.80 bits per heavy atom. The second-order valence-corrected chi connectivity index (χ2v) is 5.55. The fourth-order valence-electron chi connectivity index (χ4n) is 2.04. The van der Waals surface area contributed by atoms with Crippen molar-refractivity contribution in [2.45, 2.75) is 19.4 Å². The molecule has 2 N–H and O–H groups in total. The van der Waals surface area contributed by atoms with Crippen LogP contribution in [0.2, 0.25) is 0 Å². The first-order valence-electron chi connectivity index (χ1n) is 6.04. The van der Waals surface area contributed by atoms with Crippen LogP contribution >= 0.6 is 15.9 Å². The van der Waals surface area contributed by atoms with Crippen molar-refractivity contribution >= 4 is 15.9 Å². The average molecular weight is 344 g/mol. The second-order valence-electron chi connectivity index (χ2n) is 4.64. The topological polar surface area (TPSA) is 26.0 Å². The molecular weight excluding hydrogens is 331 g/mol. The largest absolute Gasteiger partial charge is 0.323 e. The van der Waals surface area contributed by atoms with E-state index < -0.39 is 23.5 Å². The van der Waals surface area contributed by atoms with E-state index in [0.29, 0.717) is 15.6 Å². The van der Waals surface area contributed by atoms with Gasteiger partial charge in [0, 0.05) is 16.1 Å². The molecular formula is C15H13BrF3N. The van der Waals surface area contributed by atoms with Crippen LogP contribution in [0.15, 0.2) is 34.8 Å². The van der Waals surface area contributed by atoms with E-state index >= 15 is 0 Å². The van der Waals surface area contributed by atoms with Crippen molar-refractivity contribution in [2.75, 3.05) is 0 Å². The Kier molecular flexibility index (Phi) is 4.50. The highest BCUT2D eigenvalue weighted by Gasteiger charge is 2.20. The van der Waals surface area contributed by atoms with Gasteiger partial charge in [-0.25, -0.2) is 13.2 Å². The molecule has 0 spiro atoms. The smallest absolute Gasteiger partial charge is 0.133 e. The van der Waals surface area contributed by atoms with E-state index in [1.807, 2.05) is 0 Å². The molecule has 0 radical (unpaired) electrons. The van der Waals surface area contributed by atoms with Crippen LogP contribution in [0, 0.1) is 24.4 Å². The fraction of sp³-hybridized carbons (Fsp3) is 0.200. The monoisotopic (exact) mass is 343 g/mol. The number of hydrogen-bond acceptors (Lipinski definition) is 1. The Labute approximate surface area is 123 Å². The summed E-state index contributed by atoms with van der Waals surface area (Å²) in [6.45, 7) is 1.53. The van der Waals surface area contributed by atoms with Gasteiger partial charge in [0.25, 0.3) is 0 Å². The van der Waals surface area contributed by atoms with Gasteiger partial charge in [-0.2, -0.15) is 0 Å². The normalized spacial score (nSPS) is 12.5. The minimum atomic E-state index is -0.939. The standard InChI is InChI=1S/C15H13BrF3N/c1-8-2-5-11(17)14(15(8)19)13(20)6-9-3-4-10(16)7-12(9)18/h2-5,7,13H,6,20H2,1H3. The molecule has 0 aliphatic rings. The lowest BCUT2D eigenvalue weighted by Crippen LogP contribution is -2.18. The minimum absolute atomic E-state index is 0.0242. The Balaban J connectivity index is 2.33. The van der Waals surface area contributed by atoms with Gasteiger partial charge < -0.3 is 5.73 Å². The summed E-state index contributed by atoms with van der Waals surface area (Å²) >= 11 is 3.15. The van der Waals surface area contributed by atoms with Crippen LogP contribution in [0.5, 0.6) is 0 Å². The maximum Gasteiger partial charge on any atom is 0.133 e. The van der Waals surface area contributed by atoms with Crippen molar-refractivity contribution in [1.29, 1.82) is 0 Å². The van der Waals surface area contributed by atoms with Gasteiger partial charge in [0.1, 0.15) is 17.5 Å². The molecule has 0 aliphatic carbocycles. The molecule has 20 heavy (non-hydrogen) atoms. The first-order chi connectivity index (χ1) is 9.40. The van der Waals surface area contributed by atoms with E-state index in [-0.39, 0.29) is 12.0 Å². The van der Waals surface area contributed by atoms with Gasteiger partial charge in [0.2, 0.25) is 0 Å². The Morgan fingerprint density at radius 1 is 1.10 bits per heavy atom. The van der Waals surface area contributed by atoms with Crippen LogP contribution in [0.3, 0.4) is 0 Å². The lowest BCUT2D eigenvalue weighted by Gasteiger charge is -2.16. The predicted octanol–water partition coefficient (Wildman–Crippen LogP) is 4.42. The van der Waals surface area contributed by atoms with Gasteiger partial charge in [0.05, 0.1) is 0 Å². The van der Waals surface area contributed by atoms with E-state index in [0.717, 1.165) is 0 Å². The molecule has 2 aromatic carbocycles. The highest BCUT2D eigenvalue weighted by atomic mass is 79.9. The van der Waals surface area contributed by atoms with Gasteiger partial charge in [-0.15, -0.1) is 0 Å². The summed E-state index contributed by atoms with van der Waals surface area (Å²) in [7, 11) is 0. The van der Waals surface area contributed by atoms with Crippen molar-refractivity contribution < 1.29 is 13.2 Å². The zero-order valence-corrected chi connectivity index (χ0v) is 12.3. The van der Waals surface area contributed by atoms with Crippen LogP contribution < -0.4 is 5.73 Å². The number of halogens is 4. The highest BCUT2D eigenvalue weighted by molar-refractivity contribution is 9.10. The summed E-state index contributed by atoms with van der Waals surface area (Å²) in [5.74, 6) is -1.84. The number of rotatable bonds is 3. The van der Waals surface area contributed by atoms with Crippen molar-refractivity contribution in [3.63, 3.8) is 0 Å². The molecule has 0 heterocycles. The summed E-state index contributed by atoms with van der Waals surface area (Å²) in [5.41, 5.74) is 6.28. The zero-order chi connectivity index (χ0) is 14.9. The molecule has 0 amide bonds. The number of benzene rings is 2. The molecule has 0 fully saturated rings. The Morgan fingerprint density at radius 3 is 2.45 bits per heavy atom. The maximum absolute atomic E-state index is 14.0. The summed E-state index contributed by atoms with van der Waals surface area (Å²) < 4.78 is 42.0. The highest BCUT2D eigenvalue weighted by Crippen LogP contribution is 2.26. The Bertz CT molecular complexity index is 643. The maximum atomic E-state index is 14.0. The molecule has 1 atom stereocenters. The lowest BCUT2D eigenvalue weighted by molar-refractivity contribution is 0.513. The summed E-state index contributed by atoms with van der Waals surface area (Å²) in [6, 6.07) is 6.09. The molecule has 0 aliphatic heterocycles. The molecule has 1 unspecified atom stereocenters. The molecule has 0 aromatic heterocycles. The van der Waals surface area contributed by atoms with Crippen LogP contribution in [-0.4, -0.2) is 0 Å². The third-order valence-electron chi connectivity index (χ3n) is 3.15. The van der Waals surface area contributed by atoms with Gasteiger partial charge in [-0.05, 0) is 42.7 Å². The summed E-state index contributed by atoms with van der Waals surface area (Å²) in [4.78, 5) is 0. The van der Waals surface area contributed by atoms with Crippen LogP contribution in [0.25, 0.3) is 0 Å². The van der Waals surface area contributed by atoms with Crippen molar-refractivity contribution in [1.82, 2.24) is 0 Å². The Hall–Kier alpha value is -1.33. The molecule has 0 saturated heterocycles. The predicted molar refractivity (Wildman–Crippen MR) is 75.8 cm³/mol.